The molecule has 1 N–H and O–H groups in total. The predicted octanol–water partition coefficient (Wildman–Crippen LogP) is 5.71. The minimum Gasteiger partial charge on any atom is -0.478 e. The summed E-state index contributed by atoms with van der Waals surface area (Å²) in [6.45, 7) is 6.06. The number of carboxylic acids is 1. The molecule has 0 radical (unpaired) electrons. The van der Waals surface area contributed by atoms with E-state index in [0.717, 1.165) is 17.7 Å². The van der Waals surface area contributed by atoms with Gasteiger partial charge in [-0.2, -0.15) is 5.10 Å². The number of carbonyl (C=O) groups is 1. The van der Waals surface area contributed by atoms with Crippen LogP contribution in [0.5, 0.6) is 0 Å². The lowest BCUT2D eigenvalue weighted by Gasteiger charge is -2.12. The first kappa shape index (κ1) is 18.2. The number of aromatic carboxylic acids is 1. The molecule has 0 spiro atoms. The summed E-state index contributed by atoms with van der Waals surface area (Å²) in [4.78, 5) is 11.8. The van der Waals surface area contributed by atoms with Gasteiger partial charge in [-0.05, 0) is 49.1 Å². The molecule has 1 aromatic heterocycles. The van der Waals surface area contributed by atoms with Crippen molar-refractivity contribution in [2.24, 2.45) is 0 Å². The van der Waals surface area contributed by atoms with Gasteiger partial charge in [-0.15, -0.1) is 0 Å². The monoisotopic (exact) mass is 368 g/mol. The molecule has 4 nitrogen and oxygen atoms in total. The van der Waals surface area contributed by atoms with Gasteiger partial charge in [-0.3, -0.25) is 0 Å². The van der Waals surface area contributed by atoms with Crippen molar-refractivity contribution in [1.29, 1.82) is 0 Å². The maximum Gasteiger partial charge on any atom is 0.339 e. The van der Waals surface area contributed by atoms with Crippen molar-refractivity contribution in [2.75, 3.05) is 0 Å². The van der Waals surface area contributed by atoms with Gasteiger partial charge in [0.1, 0.15) is 5.56 Å². The number of aromatic nitrogens is 2. The van der Waals surface area contributed by atoms with Crippen LogP contribution in [0.15, 0.2) is 48.5 Å². The SMILES string of the molecule is CC[C@H](C)c1ccc(-n2nc(C)c(C(=O)O)c2-c2ccc(Cl)cc2)cc1. The summed E-state index contributed by atoms with van der Waals surface area (Å²) in [5, 5.41) is 14.8. The highest BCUT2D eigenvalue weighted by atomic mass is 35.5. The second-order valence-electron chi connectivity index (χ2n) is 6.43. The van der Waals surface area contributed by atoms with Crippen LogP contribution in [0.25, 0.3) is 16.9 Å². The van der Waals surface area contributed by atoms with E-state index in [9.17, 15) is 9.90 Å². The van der Waals surface area contributed by atoms with Crippen LogP contribution in [0, 0.1) is 6.92 Å². The zero-order valence-electron chi connectivity index (χ0n) is 15.0. The lowest BCUT2D eigenvalue weighted by molar-refractivity contribution is 0.0697. The van der Waals surface area contributed by atoms with E-state index in [2.05, 4.69) is 31.1 Å². The van der Waals surface area contributed by atoms with Crippen molar-refractivity contribution < 1.29 is 9.90 Å². The summed E-state index contributed by atoms with van der Waals surface area (Å²) in [7, 11) is 0. The van der Waals surface area contributed by atoms with Gasteiger partial charge in [-0.1, -0.05) is 49.7 Å². The van der Waals surface area contributed by atoms with Gasteiger partial charge in [0.05, 0.1) is 17.1 Å². The Morgan fingerprint density at radius 1 is 1.15 bits per heavy atom. The van der Waals surface area contributed by atoms with Gasteiger partial charge in [-0.25, -0.2) is 9.48 Å². The number of benzene rings is 2. The Labute approximate surface area is 158 Å². The van der Waals surface area contributed by atoms with Gasteiger partial charge in [0.2, 0.25) is 0 Å². The molecule has 3 rings (SSSR count). The molecule has 3 aromatic rings. The summed E-state index contributed by atoms with van der Waals surface area (Å²) >= 11 is 5.99. The smallest absolute Gasteiger partial charge is 0.339 e. The largest absolute Gasteiger partial charge is 0.478 e. The Bertz CT molecular complexity index is 928. The molecular weight excluding hydrogens is 348 g/mol. The number of rotatable bonds is 5. The van der Waals surface area contributed by atoms with E-state index < -0.39 is 5.97 Å². The number of hydrogen-bond donors (Lipinski definition) is 1. The van der Waals surface area contributed by atoms with E-state index in [1.807, 2.05) is 24.3 Å². The summed E-state index contributed by atoms with van der Waals surface area (Å²) in [6.07, 6.45) is 1.07. The zero-order chi connectivity index (χ0) is 18.8. The Kier molecular flexibility index (Phi) is 5.14. The van der Waals surface area contributed by atoms with Crippen LogP contribution in [0.4, 0.5) is 0 Å². The van der Waals surface area contributed by atoms with Crippen molar-refractivity contribution in [3.05, 3.63) is 70.4 Å². The van der Waals surface area contributed by atoms with Crippen LogP contribution in [0.2, 0.25) is 5.02 Å². The molecule has 26 heavy (non-hydrogen) atoms. The third-order valence-electron chi connectivity index (χ3n) is 4.71. The van der Waals surface area contributed by atoms with Gasteiger partial charge in [0.25, 0.3) is 0 Å². The van der Waals surface area contributed by atoms with Crippen LogP contribution >= 0.6 is 11.6 Å². The molecule has 0 aliphatic carbocycles. The Hall–Kier alpha value is -2.59. The Morgan fingerprint density at radius 2 is 1.77 bits per heavy atom. The Balaban J connectivity index is 2.17. The highest BCUT2D eigenvalue weighted by Gasteiger charge is 2.23. The van der Waals surface area contributed by atoms with Crippen LogP contribution in [0.3, 0.4) is 0 Å². The van der Waals surface area contributed by atoms with Gasteiger partial charge >= 0.3 is 5.97 Å². The lowest BCUT2D eigenvalue weighted by Crippen LogP contribution is -2.03. The van der Waals surface area contributed by atoms with E-state index in [0.29, 0.717) is 22.3 Å². The quantitative estimate of drug-likeness (QED) is 0.627. The molecule has 0 aliphatic rings. The summed E-state index contributed by atoms with van der Waals surface area (Å²) in [5.41, 5.74) is 4.09. The van der Waals surface area contributed by atoms with Crippen molar-refractivity contribution in [1.82, 2.24) is 9.78 Å². The van der Waals surface area contributed by atoms with Gasteiger partial charge < -0.3 is 5.11 Å². The van der Waals surface area contributed by atoms with Crippen molar-refractivity contribution in [2.45, 2.75) is 33.1 Å². The number of hydrogen-bond acceptors (Lipinski definition) is 2. The summed E-state index contributed by atoms with van der Waals surface area (Å²) < 4.78 is 1.70. The third-order valence-corrected chi connectivity index (χ3v) is 4.96. The first-order chi connectivity index (χ1) is 12.4. The fourth-order valence-corrected chi connectivity index (χ4v) is 3.15. The van der Waals surface area contributed by atoms with Gasteiger partial charge in [0.15, 0.2) is 0 Å². The molecule has 5 heteroatoms. The van der Waals surface area contributed by atoms with Crippen LogP contribution < -0.4 is 0 Å². The topological polar surface area (TPSA) is 55.1 Å². The average molecular weight is 369 g/mol. The molecule has 0 fully saturated rings. The van der Waals surface area contributed by atoms with E-state index in [-0.39, 0.29) is 5.56 Å². The van der Waals surface area contributed by atoms with Gasteiger partial charge in [0, 0.05) is 10.6 Å². The van der Waals surface area contributed by atoms with E-state index >= 15 is 0 Å². The normalized spacial score (nSPS) is 12.2. The maximum absolute atomic E-state index is 11.8. The predicted molar refractivity (Wildman–Crippen MR) is 104 cm³/mol. The molecular formula is C21H21ClN2O2. The number of nitrogens with zero attached hydrogens (tertiary/aromatic N) is 2. The molecule has 134 valence electrons. The fourth-order valence-electron chi connectivity index (χ4n) is 3.02. The minimum absolute atomic E-state index is 0.207. The van der Waals surface area contributed by atoms with Crippen LogP contribution in [-0.2, 0) is 0 Å². The molecule has 1 atom stereocenters. The zero-order valence-corrected chi connectivity index (χ0v) is 15.8. The standard InChI is InChI=1S/C21H21ClN2O2/c1-4-13(2)15-7-11-18(12-8-15)24-20(16-5-9-17(22)10-6-16)19(21(25)26)14(3)23-24/h5-13H,4H2,1-3H3,(H,25,26)/t13-/m0/s1. The molecule has 0 saturated heterocycles. The van der Waals surface area contributed by atoms with E-state index in [1.54, 1.807) is 23.7 Å². The number of halogens is 1. The molecule has 1 heterocycles. The summed E-state index contributed by atoms with van der Waals surface area (Å²) in [6, 6.07) is 15.3. The number of aryl methyl sites for hydroxylation is 1. The minimum atomic E-state index is -0.991. The van der Waals surface area contributed by atoms with Crippen molar-refractivity contribution in [3.8, 4) is 16.9 Å². The number of carboxylic acid groups (broad SMARTS) is 1. The molecule has 2 aromatic carbocycles. The Morgan fingerprint density at radius 3 is 2.31 bits per heavy atom. The third kappa shape index (κ3) is 3.37. The molecule has 0 unspecified atom stereocenters. The fraction of sp³-hybridized carbons (Fsp3) is 0.238. The lowest BCUT2D eigenvalue weighted by atomic mass is 9.98. The maximum atomic E-state index is 11.8. The van der Waals surface area contributed by atoms with Crippen LogP contribution in [0.1, 0.15) is 47.8 Å². The summed E-state index contributed by atoms with van der Waals surface area (Å²) in [5.74, 6) is -0.511. The average Bonchev–Trinajstić information content (AvgIpc) is 2.99. The van der Waals surface area contributed by atoms with E-state index in [4.69, 9.17) is 11.6 Å². The molecule has 0 amide bonds. The van der Waals surface area contributed by atoms with Crippen molar-refractivity contribution in [3.63, 3.8) is 0 Å². The highest BCUT2D eigenvalue weighted by molar-refractivity contribution is 6.30. The second-order valence-corrected chi connectivity index (χ2v) is 6.87. The molecule has 0 saturated carbocycles. The highest BCUT2D eigenvalue weighted by Crippen LogP contribution is 2.30. The van der Waals surface area contributed by atoms with Crippen molar-refractivity contribution >= 4 is 17.6 Å². The first-order valence-corrected chi connectivity index (χ1v) is 8.99. The second kappa shape index (κ2) is 7.34. The van der Waals surface area contributed by atoms with Crippen LogP contribution in [-0.4, -0.2) is 20.9 Å². The van der Waals surface area contributed by atoms with E-state index in [1.165, 1.54) is 5.56 Å². The molecule has 0 bridgehead atoms. The molecule has 0 aliphatic heterocycles. The first-order valence-electron chi connectivity index (χ1n) is 8.61.